The highest BCUT2D eigenvalue weighted by molar-refractivity contribution is 5.99. The molecule has 118 valence electrons. The molecule has 0 radical (unpaired) electrons. The average molecular weight is 295 g/mol. The van der Waals surface area contributed by atoms with Crippen molar-refractivity contribution in [2.45, 2.75) is 71.3 Å². The van der Waals surface area contributed by atoms with E-state index in [2.05, 4.69) is 0 Å². The van der Waals surface area contributed by atoms with Gasteiger partial charge in [0.1, 0.15) is 0 Å². The standard InChI is InChI=1S/C16H25NO4/c1-11(2)12(8-15(20)21)17-13(18)9-16(10-14(17)19)6-4-3-5-7-16/h11-12H,3-10H2,1-2H3,(H,20,21). The minimum absolute atomic E-state index is 0.0468. The first-order valence-electron chi connectivity index (χ1n) is 7.91. The molecule has 1 atom stereocenters. The van der Waals surface area contributed by atoms with Gasteiger partial charge >= 0.3 is 5.97 Å². The Balaban J connectivity index is 2.16. The second-order valence-corrected chi connectivity index (χ2v) is 6.98. The predicted octanol–water partition coefficient (Wildman–Crippen LogP) is 2.59. The lowest BCUT2D eigenvalue weighted by molar-refractivity contribution is -0.160. The zero-order chi connectivity index (χ0) is 15.6. The molecular weight excluding hydrogens is 270 g/mol. The van der Waals surface area contributed by atoms with Crippen molar-refractivity contribution >= 4 is 17.8 Å². The maximum atomic E-state index is 12.5. The van der Waals surface area contributed by atoms with E-state index < -0.39 is 12.0 Å². The minimum atomic E-state index is -0.966. The van der Waals surface area contributed by atoms with Crippen LogP contribution in [0.25, 0.3) is 0 Å². The van der Waals surface area contributed by atoms with Crippen molar-refractivity contribution in [1.82, 2.24) is 4.90 Å². The van der Waals surface area contributed by atoms with Crippen LogP contribution in [0.2, 0.25) is 0 Å². The van der Waals surface area contributed by atoms with Gasteiger partial charge < -0.3 is 5.11 Å². The number of amides is 2. The predicted molar refractivity (Wildman–Crippen MR) is 77.5 cm³/mol. The summed E-state index contributed by atoms with van der Waals surface area (Å²) in [6, 6.07) is -0.525. The van der Waals surface area contributed by atoms with Crippen LogP contribution in [0, 0.1) is 11.3 Å². The summed E-state index contributed by atoms with van der Waals surface area (Å²) in [6.07, 6.45) is 5.90. The van der Waals surface area contributed by atoms with Crippen LogP contribution in [0.5, 0.6) is 0 Å². The van der Waals surface area contributed by atoms with E-state index in [0.717, 1.165) is 25.7 Å². The van der Waals surface area contributed by atoms with Crippen molar-refractivity contribution in [3.8, 4) is 0 Å². The van der Waals surface area contributed by atoms with Crippen molar-refractivity contribution in [3.63, 3.8) is 0 Å². The van der Waals surface area contributed by atoms with Gasteiger partial charge in [0, 0.05) is 12.8 Å². The van der Waals surface area contributed by atoms with Crippen LogP contribution in [0.1, 0.15) is 65.2 Å². The third kappa shape index (κ3) is 3.44. The fourth-order valence-electron chi connectivity index (χ4n) is 3.84. The number of nitrogens with zero attached hydrogens (tertiary/aromatic N) is 1. The second kappa shape index (κ2) is 6.16. The molecule has 1 heterocycles. The summed E-state index contributed by atoms with van der Waals surface area (Å²) in [5.74, 6) is -1.36. The first-order chi connectivity index (χ1) is 9.84. The number of imide groups is 1. The van der Waals surface area contributed by atoms with E-state index in [1.54, 1.807) is 0 Å². The molecule has 1 unspecified atom stereocenters. The lowest BCUT2D eigenvalue weighted by atomic mass is 9.67. The van der Waals surface area contributed by atoms with Gasteiger partial charge in [-0.05, 0) is 24.2 Å². The van der Waals surface area contributed by atoms with Gasteiger partial charge in [0.05, 0.1) is 12.5 Å². The topological polar surface area (TPSA) is 74.7 Å². The normalized spacial score (nSPS) is 23.7. The van der Waals surface area contributed by atoms with Crippen LogP contribution in [-0.4, -0.2) is 33.8 Å². The van der Waals surface area contributed by atoms with E-state index in [1.807, 2.05) is 13.8 Å². The first kappa shape index (κ1) is 16.0. The molecule has 1 saturated heterocycles. The highest BCUT2D eigenvalue weighted by atomic mass is 16.4. The molecule has 21 heavy (non-hydrogen) atoms. The lowest BCUT2D eigenvalue weighted by Gasteiger charge is -2.45. The van der Waals surface area contributed by atoms with Crippen LogP contribution < -0.4 is 0 Å². The maximum Gasteiger partial charge on any atom is 0.305 e. The molecule has 1 saturated carbocycles. The van der Waals surface area contributed by atoms with Crippen LogP contribution in [-0.2, 0) is 14.4 Å². The third-order valence-electron chi connectivity index (χ3n) is 4.99. The van der Waals surface area contributed by atoms with Gasteiger partial charge in [0.2, 0.25) is 11.8 Å². The fourth-order valence-corrected chi connectivity index (χ4v) is 3.84. The molecule has 1 spiro atoms. The number of hydrogen-bond donors (Lipinski definition) is 1. The molecule has 0 bridgehead atoms. The van der Waals surface area contributed by atoms with Gasteiger partial charge in [-0.25, -0.2) is 0 Å². The Labute approximate surface area is 125 Å². The van der Waals surface area contributed by atoms with Gasteiger partial charge in [0.25, 0.3) is 0 Å². The zero-order valence-corrected chi connectivity index (χ0v) is 12.9. The molecule has 2 fully saturated rings. The number of carbonyl (C=O) groups is 3. The Morgan fingerprint density at radius 2 is 1.67 bits per heavy atom. The van der Waals surface area contributed by atoms with E-state index in [9.17, 15) is 14.4 Å². The number of carbonyl (C=O) groups excluding carboxylic acids is 2. The van der Waals surface area contributed by atoms with Crippen molar-refractivity contribution in [2.75, 3.05) is 0 Å². The molecule has 1 aliphatic heterocycles. The number of carboxylic acid groups (broad SMARTS) is 1. The number of piperidine rings is 1. The third-order valence-corrected chi connectivity index (χ3v) is 4.99. The van der Waals surface area contributed by atoms with Gasteiger partial charge in [0.15, 0.2) is 0 Å². The van der Waals surface area contributed by atoms with Crippen LogP contribution in [0.15, 0.2) is 0 Å². The Hall–Kier alpha value is -1.39. The molecule has 5 nitrogen and oxygen atoms in total. The number of likely N-dealkylation sites (tertiary alicyclic amines) is 1. The minimum Gasteiger partial charge on any atom is -0.481 e. The molecule has 2 rings (SSSR count). The molecule has 1 N–H and O–H groups in total. The molecule has 0 aromatic rings. The van der Waals surface area contributed by atoms with Crippen molar-refractivity contribution in [1.29, 1.82) is 0 Å². The molecule has 2 aliphatic rings. The Bertz CT molecular complexity index is 418. The largest absolute Gasteiger partial charge is 0.481 e. The van der Waals surface area contributed by atoms with Gasteiger partial charge in [-0.3, -0.25) is 19.3 Å². The summed E-state index contributed by atoms with van der Waals surface area (Å²) >= 11 is 0. The number of rotatable bonds is 4. The zero-order valence-electron chi connectivity index (χ0n) is 12.9. The smallest absolute Gasteiger partial charge is 0.305 e. The SMILES string of the molecule is CC(C)C(CC(=O)O)N1C(=O)CC2(CCCCC2)CC1=O. The lowest BCUT2D eigenvalue weighted by Crippen LogP contribution is -2.54. The van der Waals surface area contributed by atoms with Gasteiger partial charge in [-0.15, -0.1) is 0 Å². The molecule has 5 heteroatoms. The Kier molecular flexibility index (Phi) is 4.69. The highest BCUT2D eigenvalue weighted by Crippen LogP contribution is 2.46. The van der Waals surface area contributed by atoms with E-state index in [4.69, 9.17) is 5.11 Å². The van der Waals surface area contributed by atoms with Crippen molar-refractivity contribution in [2.24, 2.45) is 11.3 Å². The van der Waals surface area contributed by atoms with E-state index in [0.29, 0.717) is 12.8 Å². The molecule has 1 aliphatic carbocycles. The monoisotopic (exact) mass is 295 g/mol. The Morgan fingerprint density at radius 3 is 2.10 bits per heavy atom. The number of hydrogen-bond acceptors (Lipinski definition) is 3. The first-order valence-corrected chi connectivity index (χ1v) is 7.91. The second-order valence-electron chi connectivity index (χ2n) is 6.98. The highest BCUT2D eigenvalue weighted by Gasteiger charge is 2.46. The summed E-state index contributed by atoms with van der Waals surface area (Å²) in [7, 11) is 0. The van der Waals surface area contributed by atoms with Gasteiger partial charge in [-0.2, -0.15) is 0 Å². The van der Waals surface area contributed by atoms with Crippen LogP contribution in [0.3, 0.4) is 0 Å². The summed E-state index contributed by atoms with van der Waals surface area (Å²) in [5.41, 5.74) is -0.145. The summed E-state index contributed by atoms with van der Waals surface area (Å²) in [6.45, 7) is 3.72. The number of aliphatic carboxylic acids is 1. The van der Waals surface area contributed by atoms with E-state index in [1.165, 1.54) is 11.3 Å². The molecule has 0 aromatic carbocycles. The number of carboxylic acids is 1. The molecule has 2 amide bonds. The maximum absolute atomic E-state index is 12.5. The molecule has 0 aromatic heterocycles. The van der Waals surface area contributed by atoms with Crippen molar-refractivity contribution < 1.29 is 19.5 Å². The summed E-state index contributed by atoms with van der Waals surface area (Å²) < 4.78 is 0. The van der Waals surface area contributed by atoms with Crippen LogP contribution >= 0.6 is 0 Å². The summed E-state index contributed by atoms with van der Waals surface area (Å²) in [4.78, 5) is 37.3. The summed E-state index contributed by atoms with van der Waals surface area (Å²) in [5, 5.41) is 9.03. The van der Waals surface area contributed by atoms with E-state index in [-0.39, 0.29) is 29.6 Å². The van der Waals surface area contributed by atoms with Crippen molar-refractivity contribution in [3.05, 3.63) is 0 Å². The quantitative estimate of drug-likeness (QED) is 0.809. The van der Waals surface area contributed by atoms with Gasteiger partial charge in [-0.1, -0.05) is 33.1 Å². The fraction of sp³-hybridized carbons (Fsp3) is 0.812. The van der Waals surface area contributed by atoms with E-state index >= 15 is 0 Å². The van der Waals surface area contributed by atoms with Crippen LogP contribution in [0.4, 0.5) is 0 Å². The Morgan fingerprint density at radius 1 is 1.14 bits per heavy atom. The molecular formula is C16H25NO4. The average Bonchev–Trinajstić information content (AvgIpc) is 2.36.